The standard InChI is InChI=1S/C17H18N4O3S.ClH/c22-21(23)15-4-2-1-3-12(15)16-9-13(20-24-16)14-10-25-17(19-14)11-5-7-18-8-6-11;/h1-4,10-11,16,18H,5-9H2;1H. The first-order valence-electron chi connectivity index (χ1n) is 8.46. The van der Waals surface area contributed by atoms with Crippen LogP contribution in [0.15, 0.2) is 34.8 Å². The summed E-state index contributed by atoms with van der Waals surface area (Å²) in [5.74, 6) is 0.540. The summed E-state index contributed by atoms with van der Waals surface area (Å²) in [4.78, 5) is 21.1. The number of nitro benzene ring substituents is 1. The molecule has 0 amide bonds. The van der Waals surface area contributed by atoms with Gasteiger partial charge in [-0.25, -0.2) is 4.98 Å². The molecule has 3 heterocycles. The Hall–Kier alpha value is -2.03. The Morgan fingerprint density at radius 3 is 2.81 bits per heavy atom. The lowest BCUT2D eigenvalue weighted by atomic mass is 9.99. The molecule has 0 aliphatic carbocycles. The smallest absolute Gasteiger partial charge is 0.276 e. The molecule has 2 N–H and O–H groups in total. The third-order valence-corrected chi connectivity index (χ3v) is 5.76. The van der Waals surface area contributed by atoms with Gasteiger partial charge >= 0.3 is 0 Å². The number of piperidine rings is 1. The number of halogens is 1. The fraction of sp³-hybridized carbons (Fsp3) is 0.412. The first kappa shape index (κ1) is 18.8. The Morgan fingerprint density at radius 2 is 2.04 bits per heavy atom. The summed E-state index contributed by atoms with van der Waals surface area (Å²) >= 11 is 1.68. The van der Waals surface area contributed by atoms with Gasteiger partial charge in [0.1, 0.15) is 5.71 Å². The Morgan fingerprint density at radius 1 is 1.27 bits per heavy atom. The summed E-state index contributed by atoms with van der Waals surface area (Å²) in [6, 6.07) is 6.67. The van der Waals surface area contributed by atoms with Gasteiger partial charge in [0.15, 0.2) is 6.10 Å². The molecule has 7 nitrogen and oxygen atoms in total. The number of oxime groups is 1. The molecular weight excluding hydrogens is 376 g/mol. The van der Waals surface area contributed by atoms with Crippen LogP contribution in [0.5, 0.6) is 0 Å². The molecular formula is C17H19ClN4O3S. The zero-order chi connectivity index (χ0) is 17.2. The van der Waals surface area contributed by atoms with Gasteiger partial charge in [0.05, 0.1) is 34.3 Å². The summed E-state index contributed by atoms with van der Waals surface area (Å²) in [5.41, 5.74) is 2.24. The lowest BCUT2D eigenvalue weighted by Crippen LogP contribution is -3.00. The number of rotatable bonds is 4. The molecule has 2 aliphatic heterocycles. The first-order chi connectivity index (χ1) is 12.2. The molecule has 1 aromatic heterocycles. The zero-order valence-corrected chi connectivity index (χ0v) is 15.6. The fourth-order valence-corrected chi connectivity index (χ4v) is 4.40. The van der Waals surface area contributed by atoms with Crippen LogP contribution in [-0.2, 0) is 4.84 Å². The second-order valence-electron chi connectivity index (χ2n) is 6.36. The molecule has 138 valence electrons. The van der Waals surface area contributed by atoms with E-state index in [-0.39, 0.29) is 23.0 Å². The van der Waals surface area contributed by atoms with E-state index in [0.717, 1.165) is 37.3 Å². The molecule has 1 aromatic carbocycles. The summed E-state index contributed by atoms with van der Waals surface area (Å²) in [6.45, 7) is 2.31. The Kier molecular flexibility index (Phi) is 5.85. The van der Waals surface area contributed by atoms with Crippen LogP contribution in [0.4, 0.5) is 5.69 Å². The molecule has 0 spiro atoms. The molecule has 2 aliphatic rings. The van der Waals surface area contributed by atoms with E-state index in [4.69, 9.17) is 9.82 Å². The van der Waals surface area contributed by atoms with Crippen molar-refractivity contribution in [2.24, 2.45) is 5.16 Å². The van der Waals surface area contributed by atoms with Gasteiger partial charge in [0, 0.05) is 36.6 Å². The van der Waals surface area contributed by atoms with Crippen molar-refractivity contribution in [1.82, 2.24) is 4.98 Å². The lowest BCUT2D eigenvalue weighted by molar-refractivity contribution is -0.663. The van der Waals surface area contributed by atoms with Gasteiger partial charge in [0.2, 0.25) is 0 Å². The number of hydrogen-bond donors (Lipinski definition) is 1. The molecule has 4 rings (SSSR count). The number of quaternary nitrogens is 1. The van der Waals surface area contributed by atoms with E-state index in [1.54, 1.807) is 29.5 Å². The minimum absolute atomic E-state index is 0. The molecule has 1 fully saturated rings. The number of nitrogens with zero attached hydrogens (tertiary/aromatic N) is 3. The average Bonchev–Trinajstić information content (AvgIpc) is 3.32. The first-order valence-corrected chi connectivity index (χ1v) is 9.34. The number of para-hydroxylation sites is 1. The second kappa shape index (κ2) is 8.11. The van der Waals surface area contributed by atoms with E-state index in [1.807, 2.05) is 5.38 Å². The SMILES string of the molecule is O=[N+]([O-])c1ccccc1C1CC(c2csc(C3CC[NH2+]CC3)n2)=NO1.[Cl-]. The van der Waals surface area contributed by atoms with Gasteiger partial charge in [-0.2, -0.15) is 0 Å². The molecule has 0 saturated carbocycles. The largest absolute Gasteiger partial charge is 1.00 e. The molecule has 1 unspecified atom stereocenters. The van der Waals surface area contributed by atoms with Crippen molar-refractivity contribution in [3.63, 3.8) is 0 Å². The molecule has 0 radical (unpaired) electrons. The molecule has 2 aromatic rings. The summed E-state index contributed by atoms with van der Waals surface area (Å²) in [5, 5.41) is 20.9. The van der Waals surface area contributed by atoms with Crippen LogP contribution in [0, 0.1) is 10.1 Å². The van der Waals surface area contributed by atoms with Crippen molar-refractivity contribution >= 4 is 22.7 Å². The number of nitrogens with two attached hydrogens (primary N) is 1. The van der Waals surface area contributed by atoms with Crippen molar-refractivity contribution in [2.45, 2.75) is 31.3 Å². The van der Waals surface area contributed by atoms with Crippen LogP contribution < -0.4 is 17.7 Å². The average molecular weight is 395 g/mol. The number of aromatic nitrogens is 1. The zero-order valence-electron chi connectivity index (χ0n) is 14.0. The van der Waals surface area contributed by atoms with Crippen LogP contribution in [-0.4, -0.2) is 28.7 Å². The normalized spacial score (nSPS) is 20.2. The molecule has 9 heteroatoms. The predicted molar refractivity (Wildman–Crippen MR) is 93.8 cm³/mol. The predicted octanol–water partition coefficient (Wildman–Crippen LogP) is -0.638. The van der Waals surface area contributed by atoms with E-state index in [0.29, 0.717) is 17.9 Å². The van der Waals surface area contributed by atoms with Gasteiger partial charge in [-0.15, -0.1) is 11.3 Å². The summed E-state index contributed by atoms with van der Waals surface area (Å²) in [7, 11) is 0. The van der Waals surface area contributed by atoms with Crippen LogP contribution in [0.1, 0.15) is 47.5 Å². The van der Waals surface area contributed by atoms with E-state index < -0.39 is 6.10 Å². The van der Waals surface area contributed by atoms with Crippen LogP contribution in [0.25, 0.3) is 0 Å². The van der Waals surface area contributed by atoms with E-state index >= 15 is 0 Å². The third-order valence-electron chi connectivity index (χ3n) is 4.75. The number of hydrogen-bond acceptors (Lipinski definition) is 6. The maximum atomic E-state index is 11.2. The Labute approximate surface area is 161 Å². The number of nitro groups is 1. The van der Waals surface area contributed by atoms with Crippen LogP contribution in [0.3, 0.4) is 0 Å². The van der Waals surface area contributed by atoms with Crippen molar-refractivity contribution in [3.8, 4) is 0 Å². The molecule has 1 saturated heterocycles. The van der Waals surface area contributed by atoms with Crippen molar-refractivity contribution in [1.29, 1.82) is 0 Å². The monoisotopic (exact) mass is 394 g/mol. The summed E-state index contributed by atoms with van der Waals surface area (Å²) in [6.07, 6.45) is 2.40. The van der Waals surface area contributed by atoms with Gasteiger partial charge in [-0.1, -0.05) is 17.3 Å². The summed E-state index contributed by atoms with van der Waals surface area (Å²) < 4.78 is 0. The van der Waals surface area contributed by atoms with Gasteiger partial charge in [-0.3, -0.25) is 10.1 Å². The Balaban J connectivity index is 0.00000196. The third kappa shape index (κ3) is 3.72. The van der Waals surface area contributed by atoms with Crippen molar-refractivity contribution in [3.05, 3.63) is 56.0 Å². The quantitative estimate of drug-likeness (QED) is 0.551. The maximum absolute atomic E-state index is 11.2. The lowest BCUT2D eigenvalue weighted by Gasteiger charge is -2.17. The van der Waals surface area contributed by atoms with Crippen LogP contribution >= 0.6 is 11.3 Å². The van der Waals surface area contributed by atoms with Crippen molar-refractivity contribution < 1.29 is 27.5 Å². The highest BCUT2D eigenvalue weighted by molar-refractivity contribution is 7.09. The van der Waals surface area contributed by atoms with Gasteiger partial charge < -0.3 is 22.6 Å². The Bertz CT molecular complexity index is 820. The van der Waals surface area contributed by atoms with E-state index in [2.05, 4.69) is 10.5 Å². The molecule has 26 heavy (non-hydrogen) atoms. The molecule has 1 atom stereocenters. The second-order valence-corrected chi connectivity index (χ2v) is 7.25. The minimum Gasteiger partial charge on any atom is -1.00 e. The van der Waals surface area contributed by atoms with Crippen LogP contribution in [0.2, 0.25) is 0 Å². The number of thiazole rings is 1. The highest BCUT2D eigenvalue weighted by atomic mass is 35.5. The minimum atomic E-state index is -0.425. The van der Waals surface area contributed by atoms with Crippen molar-refractivity contribution in [2.75, 3.05) is 13.1 Å². The van der Waals surface area contributed by atoms with E-state index in [9.17, 15) is 10.1 Å². The van der Waals surface area contributed by atoms with Gasteiger partial charge in [-0.05, 0) is 6.07 Å². The molecule has 0 bridgehead atoms. The topological polar surface area (TPSA) is 94.2 Å². The maximum Gasteiger partial charge on any atom is 0.276 e. The van der Waals surface area contributed by atoms with E-state index in [1.165, 1.54) is 11.1 Å². The highest BCUT2D eigenvalue weighted by Crippen LogP contribution is 2.35. The highest BCUT2D eigenvalue weighted by Gasteiger charge is 2.31. The van der Waals surface area contributed by atoms with Gasteiger partial charge in [0.25, 0.3) is 5.69 Å². The number of benzene rings is 1. The fourth-order valence-electron chi connectivity index (χ4n) is 3.40.